The van der Waals surface area contributed by atoms with Gasteiger partial charge in [-0.15, -0.1) is 0 Å². The lowest BCUT2D eigenvalue weighted by atomic mass is 10.2. The summed E-state index contributed by atoms with van der Waals surface area (Å²) < 4.78 is 18.6. The minimum Gasteiger partial charge on any atom is -0.477 e. The third kappa shape index (κ3) is 2.63. The minimum atomic E-state index is -1.13. The van der Waals surface area contributed by atoms with Crippen LogP contribution in [0, 0.1) is 5.82 Å². The molecular formula is C13H10FNO3. The number of rotatable bonds is 4. The summed E-state index contributed by atoms with van der Waals surface area (Å²) in [6, 6.07) is 9.01. The monoisotopic (exact) mass is 247 g/mol. The van der Waals surface area contributed by atoms with Gasteiger partial charge in [-0.05, 0) is 18.2 Å². The summed E-state index contributed by atoms with van der Waals surface area (Å²) in [5.74, 6) is -1.55. The molecule has 0 radical (unpaired) electrons. The van der Waals surface area contributed by atoms with E-state index in [1.54, 1.807) is 18.2 Å². The molecule has 1 N–H and O–H groups in total. The third-order valence-electron chi connectivity index (χ3n) is 2.32. The Balaban J connectivity index is 2.16. The van der Waals surface area contributed by atoms with Crippen molar-refractivity contribution in [2.24, 2.45) is 0 Å². The van der Waals surface area contributed by atoms with E-state index < -0.39 is 11.8 Å². The Morgan fingerprint density at radius 3 is 2.78 bits per heavy atom. The number of aromatic nitrogens is 1. The van der Waals surface area contributed by atoms with Crippen molar-refractivity contribution >= 4 is 5.97 Å². The zero-order valence-corrected chi connectivity index (χ0v) is 9.34. The van der Waals surface area contributed by atoms with Crippen LogP contribution in [-0.2, 0) is 6.61 Å². The first-order valence-corrected chi connectivity index (χ1v) is 5.23. The number of pyridine rings is 1. The number of halogens is 1. The van der Waals surface area contributed by atoms with Crippen LogP contribution >= 0.6 is 0 Å². The van der Waals surface area contributed by atoms with Crippen LogP contribution in [0.5, 0.6) is 5.88 Å². The van der Waals surface area contributed by atoms with E-state index in [-0.39, 0.29) is 18.1 Å². The molecule has 0 atom stereocenters. The SMILES string of the molecule is O=C(O)c1cccnc1OCc1ccccc1F. The molecule has 1 heterocycles. The van der Waals surface area contributed by atoms with Gasteiger partial charge in [0.1, 0.15) is 18.0 Å². The Morgan fingerprint density at radius 2 is 2.06 bits per heavy atom. The molecule has 18 heavy (non-hydrogen) atoms. The van der Waals surface area contributed by atoms with E-state index in [2.05, 4.69) is 4.98 Å². The van der Waals surface area contributed by atoms with Crippen molar-refractivity contribution < 1.29 is 19.0 Å². The van der Waals surface area contributed by atoms with Gasteiger partial charge in [0.15, 0.2) is 0 Å². The predicted molar refractivity (Wildman–Crippen MR) is 61.9 cm³/mol. The number of ether oxygens (including phenoxy) is 1. The van der Waals surface area contributed by atoms with Crippen LogP contribution in [-0.4, -0.2) is 16.1 Å². The number of carbonyl (C=O) groups is 1. The van der Waals surface area contributed by atoms with Gasteiger partial charge < -0.3 is 9.84 Å². The molecule has 5 heteroatoms. The normalized spacial score (nSPS) is 10.1. The molecule has 0 fully saturated rings. The average molecular weight is 247 g/mol. The highest BCUT2D eigenvalue weighted by atomic mass is 19.1. The van der Waals surface area contributed by atoms with Gasteiger partial charge in [-0.25, -0.2) is 14.2 Å². The number of hydrogen-bond donors (Lipinski definition) is 1. The number of carboxylic acid groups (broad SMARTS) is 1. The Morgan fingerprint density at radius 1 is 1.28 bits per heavy atom. The zero-order chi connectivity index (χ0) is 13.0. The molecule has 0 amide bonds. The summed E-state index contributed by atoms with van der Waals surface area (Å²) in [6.45, 7) is -0.0655. The summed E-state index contributed by atoms with van der Waals surface area (Å²) in [5.41, 5.74) is 0.299. The Kier molecular flexibility index (Phi) is 3.52. The maximum Gasteiger partial charge on any atom is 0.341 e. The number of hydrogen-bond acceptors (Lipinski definition) is 3. The van der Waals surface area contributed by atoms with Crippen molar-refractivity contribution in [1.29, 1.82) is 0 Å². The van der Waals surface area contributed by atoms with Crippen molar-refractivity contribution in [3.05, 3.63) is 59.5 Å². The van der Waals surface area contributed by atoms with Gasteiger partial charge in [0.25, 0.3) is 0 Å². The van der Waals surface area contributed by atoms with Crippen LogP contribution in [0.4, 0.5) is 4.39 Å². The van der Waals surface area contributed by atoms with E-state index in [0.29, 0.717) is 5.56 Å². The molecule has 0 aliphatic rings. The average Bonchev–Trinajstić information content (AvgIpc) is 2.38. The lowest BCUT2D eigenvalue weighted by Gasteiger charge is -2.08. The van der Waals surface area contributed by atoms with E-state index in [9.17, 15) is 9.18 Å². The summed E-state index contributed by atoms with van der Waals surface area (Å²) >= 11 is 0. The minimum absolute atomic E-state index is 0.0201. The number of aromatic carboxylic acids is 1. The van der Waals surface area contributed by atoms with Crippen LogP contribution in [0.1, 0.15) is 15.9 Å². The molecule has 0 aliphatic heterocycles. The van der Waals surface area contributed by atoms with Gasteiger partial charge in [-0.3, -0.25) is 0 Å². The third-order valence-corrected chi connectivity index (χ3v) is 2.32. The molecule has 1 aromatic heterocycles. The van der Waals surface area contributed by atoms with Crippen molar-refractivity contribution in [2.75, 3.05) is 0 Å². The summed E-state index contributed by atoms with van der Waals surface area (Å²) in [5, 5.41) is 8.92. The second-order valence-electron chi connectivity index (χ2n) is 3.54. The van der Waals surface area contributed by atoms with Crippen molar-refractivity contribution in [2.45, 2.75) is 6.61 Å². The maximum atomic E-state index is 13.3. The van der Waals surface area contributed by atoms with Crippen molar-refractivity contribution in [3.63, 3.8) is 0 Å². The summed E-state index contributed by atoms with van der Waals surface area (Å²) in [6.07, 6.45) is 1.42. The second-order valence-corrected chi connectivity index (χ2v) is 3.54. The van der Waals surface area contributed by atoms with Gasteiger partial charge in [0, 0.05) is 11.8 Å². The molecule has 0 unspecified atom stereocenters. The topological polar surface area (TPSA) is 59.4 Å². The fourth-order valence-electron chi connectivity index (χ4n) is 1.43. The lowest BCUT2D eigenvalue weighted by molar-refractivity contribution is 0.0690. The Bertz CT molecular complexity index is 572. The van der Waals surface area contributed by atoms with Crippen LogP contribution in [0.25, 0.3) is 0 Å². The quantitative estimate of drug-likeness (QED) is 0.901. The van der Waals surface area contributed by atoms with E-state index in [1.807, 2.05) is 0 Å². The predicted octanol–water partition coefficient (Wildman–Crippen LogP) is 2.50. The highest BCUT2D eigenvalue weighted by Gasteiger charge is 2.12. The van der Waals surface area contributed by atoms with E-state index in [1.165, 1.54) is 24.4 Å². The standard InChI is InChI=1S/C13H10FNO3/c14-11-6-2-1-4-9(11)8-18-12-10(13(16)17)5-3-7-15-12/h1-7H,8H2,(H,16,17). The first-order chi connectivity index (χ1) is 8.68. The Labute approximate surface area is 103 Å². The van der Waals surface area contributed by atoms with Crippen LogP contribution in [0.3, 0.4) is 0 Å². The second kappa shape index (κ2) is 5.27. The van der Waals surface area contributed by atoms with Gasteiger partial charge in [0.05, 0.1) is 0 Å². The fourth-order valence-corrected chi connectivity index (χ4v) is 1.43. The van der Waals surface area contributed by atoms with E-state index >= 15 is 0 Å². The van der Waals surface area contributed by atoms with Crippen LogP contribution in [0.2, 0.25) is 0 Å². The molecule has 0 spiro atoms. The Hall–Kier alpha value is -2.43. The summed E-state index contributed by atoms with van der Waals surface area (Å²) in [4.78, 5) is 14.7. The molecule has 92 valence electrons. The number of carboxylic acids is 1. The highest BCUT2D eigenvalue weighted by molar-refractivity contribution is 5.90. The first-order valence-electron chi connectivity index (χ1n) is 5.23. The van der Waals surface area contributed by atoms with E-state index in [4.69, 9.17) is 9.84 Å². The maximum absolute atomic E-state index is 13.3. The molecule has 1 aromatic carbocycles. The molecule has 0 aliphatic carbocycles. The van der Waals surface area contributed by atoms with Gasteiger partial charge in [-0.1, -0.05) is 18.2 Å². The zero-order valence-electron chi connectivity index (χ0n) is 9.34. The lowest BCUT2D eigenvalue weighted by Crippen LogP contribution is -2.05. The fraction of sp³-hybridized carbons (Fsp3) is 0.0769. The summed E-state index contributed by atoms with van der Waals surface area (Å²) in [7, 11) is 0. The van der Waals surface area contributed by atoms with Crippen LogP contribution in [0.15, 0.2) is 42.6 Å². The molecule has 2 aromatic rings. The molecule has 4 nitrogen and oxygen atoms in total. The highest BCUT2D eigenvalue weighted by Crippen LogP contribution is 2.16. The number of nitrogens with zero attached hydrogens (tertiary/aromatic N) is 1. The van der Waals surface area contributed by atoms with Gasteiger partial charge in [-0.2, -0.15) is 0 Å². The smallest absolute Gasteiger partial charge is 0.341 e. The van der Waals surface area contributed by atoms with Crippen molar-refractivity contribution in [3.8, 4) is 5.88 Å². The first kappa shape index (κ1) is 12.0. The van der Waals surface area contributed by atoms with Crippen molar-refractivity contribution in [1.82, 2.24) is 4.98 Å². The van der Waals surface area contributed by atoms with Gasteiger partial charge >= 0.3 is 5.97 Å². The molecule has 2 rings (SSSR count). The van der Waals surface area contributed by atoms with Gasteiger partial charge in [0.2, 0.25) is 5.88 Å². The molecule has 0 saturated heterocycles. The van der Waals surface area contributed by atoms with Crippen LogP contribution < -0.4 is 4.74 Å². The molecule has 0 bridgehead atoms. The number of benzene rings is 1. The molecular weight excluding hydrogens is 237 g/mol. The largest absolute Gasteiger partial charge is 0.477 e. The molecule has 0 saturated carbocycles. The van der Waals surface area contributed by atoms with E-state index in [0.717, 1.165) is 0 Å².